The van der Waals surface area contributed by atoms with Gasteiger partial charge >= 0.3 is 0 Å². The summed E-state index contributed by atoms with van der Waals surface area (Å²) in [4.78, 5) is 4.56. The maximum Gasteiger partial charge on any atom is 0.0385 e. The molecule has 25 heavy (non-hydrogen) atoms. The van der Waals surface area contributed by atoms with Gasteiger partial charge in [0.1, 0.15) is 0 Å². The number of hydrogen-bond donors (Lipinski definition) is 0. The van der Waals surface area contributed by atoms with Crippen molar-refractivity contribution >= 4 is 6.21 Å². The van der Waals surface area contributed by atoms with E-state index in [9.17, 15) is 0 Å². The van der Waals surface area contributed by atoms with Gasteiger partial charge in [0.15, 0.2) is 0 Å². The Morgan fingerprint density at radius 2 is 0.920 bits per heavy atom. The summed E-state index contributed by atoms with van der Waals surface area (Å²) in [5, 5.41) is 0. The van der Waals surface area contributed by atoms with Crippen LogP contribution in [0.1, 0.15) is 130 Å². The lowest BCUT2D eigenvalue weighted by Gasteiger charge is -2.04. The standard InChI is InChI=1S/C24H49N/c1-23(2)19-15-12-10-8-6-5-7-9-11-13-17-21-25-22-18-14-16-20-24(3)4/h22-24H,5-21H2,1-4H3. The highest BCUT2D eigenvalue weighted by Crippen LogP contribution is 2.13. The summed E-state index contributed by atoms with van der Waals surface area (Å²) in [5.41, 5.74) is 0. The van der Waals surface area contributed by atoms with Gasteiger partial charge in [-0.25, -0.2) is 0 Å². The van der Waals surface area contributed by atoms with Crippen molar-refractivity contribution in [2.75, 3.05) is 6.54 Å². The lowest BCUT2D eigenvalue weighted by Crippen LogP contribution is -1.88. The first-order valence-corrected chi connectivity index (χ1v) is 11.6. The molecule has 150 valence electrons. The van der Waals surface area contributed by atoms with Crippen LogP contribution in [0.3, 0.4) is 0 Å². The Labute approximate surface area is 160 Å². The fourth-order valence-electron chi connectivity index (χ4n) is 3.32. The van der Waals surface area contributed by atoms with Crippen LogP contribution < -0.4 is 0 Å². The molecule has 0 amide bonds. The normalized spacial score (nSPS) is 12.1. The van der Waals surface area contributed by atoms with Crippen LogP contribution in [0.25, 0.3) is 0 Å². The second kappa shape index (κ2) is 20.0. The van der Waals surface area contributed by atoms with E-state index < -0.39 is 0 Å². The van der Waals surface area contributed by atoms with Crippen LogP contribution in [0.4, 0.5) is 0 Å². The van der Waals surface area contributed by atoms with Gasteiger partial charge in [0.25, 0.3) is 0 Å². The Morgan fingerprint density at radius 3 is 1.40 bits per heavy atom. The quantitative estimate of drug-likeness (QED) is 0.163. The summed E-state index contributed by atoms with van der Waals surface area (Å²) < 4.78 is 0. The van der Waals surface area contributed by atoms with Crippen molar-refractivity contribution in [1.82, 2.24) is 0 Å². The minimum absolute atomic E-state index is 0.853. The van der Waals surface area contributed by atoms with Gasteiger partial charge < -0.3 is 0 Å². The first-order valence-electron chi connectivity index (χ1n) is 11.6. The van der Waals surface area contributed by atoms with E-state index in [-0.39, 0.29) is 0 Å². The number of hydrogen-bond acceptors (Lipinski definition) is 1. The lowest BCUT2D eigenvalue weighted by molar-refractivity contribution is 0.504. The molecule has 0 N–H and O–H groups in total. The molecule has 0 bridgehead atoms. The minimum Gasteiger partial charge on any atom is -0.298 e. The first-order chi connectivity index (χ1) is 12.1. The monoisotopic (exact) mass is 351 g/mol. The molecule has 0 heterocycles. The molecule has 0 aromatic rings. The fraction of sp³-hybridized carbons (Fsp3) is 0.958. The summed E-state index contributed by atoms with van der Waals surface area (Å²) in [6, 6.07) is 0. The van der Waals surface area contributed by atoms with Gasteiger partial charge in [-0.3, -0.25) is 4.99 Å². The summed E-state index contributed by atoms with van der Waals surface area (Å²) >= 11 is 0. The zero-order valence-electron chi connectivity index (χ0n) is 18.2. The fourth-order valence-corrected chi connectivity index (χ4v) is 3.32. The highest BCUT2D eigenvalue weighted by atomic mass is 14.7. The lowest BCUT2D eigenvalue weighted by atomic mass is 10.0. The van der Waals surface area contributed by atoms with Crippen molar-refractivity contribution in [2.45, 2.75) is 130 Å². The smallest absolute Gasteiger partial charge is 0.0385 e. The number of unbranched alkanes of at least 4 members (excludes halogenated alkanes) is 12. The van der Waals surface area contributed by atoms with Crippen LogP contribution in [0, 0.1) is 11.8 Å². The molecule has 0 atom stereocenters. The summed E-state index contributed by atoms with van der Waals surface area (Å²) in [5.74, 6) is 1.74. The van der Waals surface area contributed by atoms with Crippen LogP contribution in [0.15, 0.2) is 4.99 Å². The maximum absolute atomic E-state index is 4.56. The third kappa shape index (κ3) is 23.7. The van der Waals surface area contributed by atoms with E-state index in [0.717, 1.165) is 18.4 Å². The van der Waals surface area contributed by atoms with Gasteiger partial charge in [-0.2, -0.15) is 0 Å². The van der Waals surface area contributed by atoms with Crippen molar-refractivity contribution in [3.05, 3.63) is 0 Å². The molecule has 0 aromatic carbocycles. The molecule has 0 radical (unpaired) electrons. The Morgan fingerprint density at radius 1 is 0.520 bits per heavy atom. The van der Waals surface area contributed by atoms with Crippen LogP contribution in [-0.4, -0.2) is 12.8 Å². The molecular weight excluding hydrogens is 302 g/mol. The predicted octanol–water partition coefficient (Wildman–Crippen LogP) is 8.61. The molecule has 0 spiro atoms. The zero-order chi connectivity index (χ0) is 18.6. The largest absolute Gasteiger partial charge is 0.298 e. The van der Waals surface area contributed by atoms with Crippen LogP contribution in [0.5, 0.6) is 0 Å². The summed E-state index contributed by atoms with van der Waals surface area (Å²) in [7, 11) is 0. The van der Waals surface area contributed by atoms with E-state index in [4.69, 9.17) is 0 Å². The van der Waals surface area contributed by atoms with E-state index in [1.807, 2.05) is 0 Å². The molecule has 1 heteroatoms. The van der Waals surface area contributed by atoms with Crippen molar-refractivity contribution < 1.29 is 0 Å². The van der Waals surface area contributed by atoms with Gasteiger partial charge in [0.2, 0.25) is 0 Å². The Hall–Kier alpha value is -0.330. The van der Waals surface area contributed by atoms with E-state index >= 15 is 0 Å². The van der Waals surface area contributed by atoms with Crippen LogP contribution in [0.2, 0.25) is 0 Å². The van der Waals surface area contributed by atoms with E-state index in [2.05, 4.69) is 38.9 Å². The Balaban J connectivity index is 3.07. The van der Waals surface area contributed by atoms with Gasteiger partial charge in [-0.1, -0.05) is 111 Å². The van der Waals surface area contributed by atoms with Gasteiger partial charge in [0, 0.05) is 6.54 Å². The van der Waals surface area contributed by atoms with Crippen molar-refractivity contribution in [3.8, 4) is 0 Å². The van der Waals surface area contributed by atoms with Crippen molar-refractivity contribution in [1.29, 1.82) is 0 Å². The molecule has 0 unspecified atom stereocenters. The van der Waals surface area contributed by atoms with E-state index in [0.29, 0.717) is 0 Å². The first kappa shape index (κ1) is 24.7. The summed E-state index contributed by atoms with van der Waals surface area (Å²) in [6.45, 7) is 10.3. The topological polar surface area (TPSA) is 12.4 Å². The molecule has 1 nitrogen and oxygen atoms in total. The molecule has 0 fully saturated rings. The minimum atomic E-state index is 0.853. The molecular formula is C24H49N. The predicted molar refractivity (Wildman–Crippen MR) is 117 cm³/mol. The van der Waals surface area contributed by atoms with Crippen molar-refractivity contribution in [3.63, 3.8) is 0 Å². The number of rotatable bonds is 19. The highest BCUT2D eigenvalue weighted by molar-refractivity contribution is 5.56. The molecule has 0 aliphatic rings. The van der Waals surface area contributed by atoms with E-state index in [1.54, 1.807) is 0 Å². The van der Waals surface area contributed by atoms with Crippen LogP contribution in [-0.2, 0) is 0 Å². The zero-order valence-corrected chi connectivity index (χ0v) is 18.2. The molecule has 0 rings (SSSR count). The molecule has 0 saturated carbocycles. The third-order valence-electron chi connectivity index (χ3n) is 5.06. The molecule has 0 aliphatic carbocycles. The Bertz CT molecular complexity index is 267. The summed E-state index contributed by atoms with van der Waals surface area (Å²) in [6.07, 6.45) is 24.5. The van der Waals surface area contributed by atoms with Crippen molar-refractivity contribution in [2.24, 2.45) is 16.8 Å². The molecule has 0 aliphatic heterocycles. The number of nitrogens with zero attached hydrogens (tertiary/aromatic N) is 1. The second-order valence-electron chi connectivity index (χ2n) is 8.84. The van der Waals surface area contributed by atoms with Crippen LogP contribution >= 0.6 is 0 Å². The van der Waals surface area contributed by atoms with E-state index in [1.165, 1.54) is 103 Å². The molecule has 0 aromatic heterocycles. The average Bonchev–Trinajstić information content (AvgIpc) is 2.56. The van der Waals surface area contributed by atoms with Gasteiger partial charge in [-0.05, 0) is 37.3 Å². The Kier molecular flexibility index (Phi) is 19.7. The molecule has 0 saturated heterocycles. The SMILES string of the molecule is CC(C)CCCCC=NCCCCCCCCCCCCCC(C)C. The maximum atomic E-state index is 4.56. The van der Waals surface area contributed by atoms with Gasteiger partial charge in [-0.15, -0.1) is 0 Å². The highest BCUT2D eigenvalue weighted by Gasteiger charge is 1.96. The second-order valence-corrected chi connectivity index (χ2v) is 8.84. The van der Waals surface area contributed by atoms with Gasteiger partial charge in [0.05, 0.1) is 0 Å². The average molecular weight is 352 g/mol. The third-order valence-corrected chi connectivity index (χ3v) is 5.06. The number of aliphatic imine (C=N–C) groups is 1.